The van der Waals surface area contributed by atoms with Crippen LogP contribution in [0, 0.1) is 0 Å². The number of hydrogen-bond donors (Lipinski definition) is 2. The molecule has 0 aromatic rings. The second kappa shape index (κ2) is 32.4. The summed E-state index contributed by atoms with van der Waals surface area (Å²) in [5, 5.41) is 6.04. The molecule has 0 radical (unpaired) electrons. The monoisotopic (exact) mass is 629 g/mol. The zero-order valence-electron chi connectivity index (χ0n) is 30.2. The number of amides is 2. The van der Waals surface area contributed by atoms with Crippen molar-refractivity contribution in [3.8, 4) is 0 Å². The number of hydrogen-bond acceptors (Lipinski definition) is 2. The normalized spacial score (nSPS) is 16.1. The van der Waals surface area contributed by atoms with Crippen molar-refractivity contribution in [1.29, 1.82) is 0 Å². The van der Waals surface area contributed by atoms with E-state index in [0.717, 1.165) is 32.1 Å². The minimum Gasteiger partial charge on any atom is -0.348 e. The van der Waals surface area contributed by atoms with Gasteiger partial charge in [-0.3, -0.25) is 9.59 Å². The van der Waals surface area contributed by atoms with Crippen molar-refractivity contribution in [3.05, 3.63) is 24.3 Å². The first-order valence-corrected chi connectivity index (χ1v) is 20.1. The molecule has 1 rings (SSSR count). The third kappa shape index (κ3) is 29.6. The maximum absolute atomic E-state index is 12.2. The van der Waals surface area contributed by atoms with Crippen LogP contribution in [-0.4, -0.2) is 23.9 Å². The fraction of sp³-hybridized carbons (Fsp3) is 0.854. The lowest BCUT2D eigenvalue weighted by Gasteiger charge is -2.03. The van der Waals surface area contributed by atoms with Crippen LogP contribution in [0.5, 0.6) is 0 Å². The Labute approximate surface area is 280 Å². The van der Waals surface area contributed by atoms with Gasteiger partial charge in [0.15, 0.2) is 0 Å². The van der Waals surface area contributed by atoms with Crippen molar-refractivity contribution in [2.75, 3.05) is 0 Å². The summed E-state index contributed by atoms with van der Waals surface area (Å²) in [6, 6.07) is 0.151. The Morgan fingerprint density at radius 3 is 0.933 bits per heavy atom. The highest BCUT2D eigenvalue weighted by atomic mass is 16.2. The van der Waals surface area contributed by atoms with E-state index in [2.05, 4.69) is 24.5 Å². The molecular formula is C41H76N2O2. The van der Waals surface area contributed by atoms with E-state index in [4.69, 9.17) is 0 Å². The maximum atomic E-state index is 12.2. The minimum atomic E-state index is -0.0320. The van der Waals surface area contributed by atoms with Crippen molar-refractivity contribution in [3.63, 3.8) is 0 Å². The largest absolute Gasteiger partial charge is 0.348 e. The van der Waals surface area contributed by atoms with Gasteiger partial charge in [-0.05, 0) is 44.3 Å². The Morgan fingerprint density at radius 2 is 0.667 bits per heavy atom. The van der Waals surface area contributed by atoms with E-state index in [0.29, 0.717) is 0 Å². The topological polar surface area (TPSA) is 58.2 Å². The van der Waals surface area contributed by atoms with Gasteiger partial charge in [0.2, 0.25) is 11.8 Å². The molecule has 0 unspecified atom stereocenters. The Balaban J connectivity index is 1.84. The highest BCUT2D eigenvalue weighted by Gasteiger charge is 2.38. The number of nitrogens with one attached hydrogen (secondary N) is 2. The van der Waals surface area contributed by atoms with Crippen molar-refractivity contribution >= 4 is 11.8 Å². The first-order chi connectivity index (χ1) is 22.2. The van der Waals surface area contributed by atoms with E-state index in [-0.39, 0.29) is 23.9 Å². The summed E-state index contributed by atoms with van der Waals surface area (Å²) in [7, 11) is 0. The van der Waals surface area contributed by atoms with Gasteiger partial charge in [-0.1, -0.05) is 193 Å². The van der Waals surface area contributed by atoms with E-state index >= 15 is 0 Å². The van der Waals surface area contributed by atoms with Gasteiger partial charge in [-0.25, -0.2) is 0 Å². The number of unbranched alkanes of at least 4 members (excludes halogenated alkanes) is 28. The molecular weight excluding hydrogens is 552 g/mol. The molecule has 1 saturated carbocycles. The molecule has 2 N–H and O–H groups in total. The lowest BCUT2D eigenvalue weighted by atomic mass is 10.0. The molecule has 262 valence electrons. The van der Waals surface area contributed by atoms with Crippen LogP contribution in [0.3, 0.4) is 0 Å². The lowest BCUT2D eigenvalue weighted by molar-refractivity contribution is -0.118. The first kappa shape index (κ1) is 41.4. The Hall–Kier alpha value is -1.58. The van der Waals surface area contributed by atoms with Crippen molar-refractivity contribution in [1.82, 2.24) is 10.6 Å². The van der Waals surface area contributed by atoms with Gasteiger partial charge in [-0.2, -0.15) is 0 Å². The average molecular weight is 629 g/mol. The fourth-order valence-electron chi connectivity index (χ4n) is 6.27. The third-order valence-corrected chi connectivity index (χ3v) is 9.43. The van der Waals surface area contributed by atoms with E-state index in [1.54, 1.807) is 12.2 Å². The summed E-state index contributed by atoms with van der Waals surface area (Å²) in [5.74, 6) is -0.0640. The van der Waals surface area contributed by atoms with E-state index in [1.807, 2.05) is 12.2 Å². The third-order valence-electron chi connectivity index (χ3n) is 9.43. The Morgan fingerprint density at radius 1 is 0.422 bits per heavy atom. The van der Waals surface area contributed by atoms with Crippen LogP contribution < -0.4 is 10.6 Å². The summed E-state index contributed by atoms with van der Waals surface area (Å²) < 4.78 is 0. The lowest BCUT2D eigenvalue weighted by Crippen LogP contribution is -2.33. The number of allylic oxidation sites excluding steroid dienone is 2. The van der Waals surface area contributed by atoms with Crippen LogP contribution in [0.25, 0.3) is 0 Å². The summed E-state index contributed by atoms with van der Waals surface area (Å²) in [6.45, 7) is 4.56. The molecule has 0 bridgehead atoms. The molecule has 4 heteroatoms. The molecule has 0 spiro atoms. The average Bonchev–Trinajstić information content (AvgIpc) is 3.76. The van der Waals surface area contributed by atoms with Crippen LogP contribution in [0.4, 0.5) is 0 Å². The van der Waals surface area contributed by atoms with Crippen LogP contribution in [0.2, 0.25) is 0 Å². The molecule has 1 fully saturated rings. The number of carbonyl (C=O) groups is 2. The van der Waals surface area contributed by atoms with Gasteiger partial charge in [0.25, 0.3) is 0 Å². The smallest absolute Gasteiger partial charge is 0.243 e. The molecule has 0 saturated heterocycles. The van der Waals surface area contributed by atoms with Crippen molar-refractivity contribution in [2.24, 2.45) is 0 Å². The molecule has 1 aliphatic rings. The van der Waals surface area contributed by atoms with E-state index in [9.17, 15) is 9.59 Å². The zero-order valence-corrected chi connectivity index (χ0v) is 30.2. The summed E-state index contributed by atoms with van der Waals surface area (Å²) in [5.41, 5.74) is 0. The van der Waals surface area contributed by atoms with Crippen LogP contribution in [-0.2, 0) is 9.59 Å². The highest BCUT2D eigenvalue weighted by Crippen LogP contribution is 2.21. The fourth-order valence-corrected chi connectivity index (χ4v) is 6.27. The van der Waals surface area contributed by atoms with Gasteiger partial charge in [-0.15, -0.1) is 0 Å². The highest BCUT2D eigenvalue weighted by molar-refractivity contribution is 5.89. The second-order valence-corrected chi connectivity index (χ2v) is 14.0. The summed E-state index contributed by atoms with van der Waals surface area (Å²) in [4.78, 5) is 24.4. The van der Waals surface area contributed by atoms with Gasteiger partial charge < -0.3 is 10.6 Å². The predicted molar refractivity (Wildman–Crippen MR) is 197 cm³/mol. The first-order valence-electron chi connectivity index (χ1n) is 20.1. The van der Waals surface area contributed by atoms with E-state index < -0.39 is 0 Å². The SMILES string of the molecule is CCCCCCCCCCCCCCCC/C=C/C(=O)N[C@H]1C[C@H]1NC(=O)/C=C/CCCCCCCCCCCCCCCC. The van der Waals surface area contributed by atoms with E-state index in [1.165, 1.54) is 167 Å². The predicted octanol–water partition coefficient (Wildman–Crippen LogP) is 12.2. The second-order valence-electron chi connectivity index (χ2n) is 14.0. The maximum Gasteiger partial charge on any atom is 0.243 e. The molecule has 45 heavy (non-hydrogen) atoms. The Kier molecular flexibility index (Phi) is 29.8. The number of carbonyl (C=O) groups excluding carboxylic acids is 2. The van der Waals surface area contributed by atoms with Gasteiger partial charge in [0.05, 0.1) is 12.1 Å². The molecule has 1 aliphatic carbocycles. The molecule has 0 heterocycles. The molecule has 0 aliphatic heterocycles. The molecule has 0 aromatic heterocycles. The minimum absolute atomic E-state index is 0.0320. The van der Waals surface area contributed by atoms with Crippen LogP contribution >= 0.6 is 0 Å². The number of rotatable bonds is 34. The van der Waals surface area contributed by atoms with Crippen molar-refractivity contribution in [2.45, 2.75) is 225 Å². The van der Waals surface area contributed by atoms with Crippen LogP contribution in [0.1, 0.15) is 213 Å². The molecule has 0 aromatic carbocycles. The Bertz CT molecular complexity index is 671. The van der Waals surface area contributed by atoms with Gasteiger partial charge in [0, 0.05) is 0 Å². The zero-order chi connectivity index (χ0) is 32.5. The molecule has 4 nitrogen and oxygen atoms in total. The van der Waals surface area contributed by atoms with Crippen LogP contribution in [0.15, 0.2) is 24.3 Å². The standard InChI is InChI=1S/C41H76N2O2/c1-3-5-7-9-11-13-15-17-19-21-23-25-27-29-31-33-35-40(44)42-38-37-39(38)43-41(45)36-34-32-30-28-26-24-22-20-18-16-14-12-10-8-6-4-2/h33-36,38-39H,3-32,37H2,1-2H3,(H,42,44)(H,43,45)/b35-33+,36-34+/t38-,39+. The summed E-state index contributed by atoms with van der Waals surface area (Å²) >= 11 is 0. The van der Waals surface area contributed by atoms with Crippen molar-refractivity contribution < 1.29 is 9.59 Å². The van der Waals surface area contributed by atoms with Gasteiger partial charge >= 0.3 is 0 Å². The molecule has 2 amide bonds. The summed E-state index contributed by atoms with van der Waals surface area (Å²) in [6.07, 6.45) is 48.4. The molecule has 2 atom stereocenters. The van der Waals surface area contributed by atoms with Gasteiger partial charge in [0.1, 0.15) is 0 Å². The quantitative estimate of drug-likeness (QED) is 0.0550.